The summed E-state index contributed by atoms with van der Waals surface area (Å²) in [5, 5.41) is 0. The molecule has 5 nitrogen and oxygen atoms in total. The number of nitrogens with zero attached hydrogens (tertiary/aromatic N) is 2. The van der Waals surface area contributed by atoms with Crippen molar-refractivity contribution in [1.82, 2.24) is 9.88 Å². The second kappa shape index (κ2) is 8.13. The van der Waals surface area contributed by atoms with Gasteiger partial charge in [0.1, 0.15) is 6.26 Å². The molecule has 6 heteroatoms. The molecule has 0 amide bonds. The Morgan fingerprint density at radius 3 is 2.24 bits per heavy atom. The van der Waals surface area contributed by atoms with Crippen LogP contribution in [-0.2, 0) is 16.3 Å². The van der Waals surface area contributed by atoms with Gasteiger partial charge in [-0.3, -0.25) is 0 Å². The zero-order chi connectivity index (χ0) is 20.4. The van der Waals surface area contributed by atoms with E-state index in [1.165, 1.54) is 25.6 Å². The van der Waals surface area contributed by atoms with Crippen LogP contribution in [0.3, 0.4) is 0 Å². The van der Waals surface area contributed by atoms with Gasteiger partial charge in [-0.15, -0.1) is 0 Å². The van der Waals surface area contributed by atoms with E-state index in [4.69, 9.17) is 4.42 Å². The number of hydrogen-bond donors (Lipinski definition) is 0. The zero-order valence-corrected chi connectivity index (χ0v) is 17.7. The maximum Gasteiger partial charge on any atom is 0.226 e. The lowest BCUT2D eigenvalue weighted by Crippen LogP contribution is -2.29. The average molecular weight is 411 g/mol. The molecule has 29 heavy (non-hydrogen) atoms. The molecule has 1 atom stereocenters. The van der Waals surface area contributed by atoms with Gasteiger partial charge in [-0.2, -0.15) is 0 Å². The molecule has 4 rings (SSSR count). The Morgan fingerprint density at radius 1 is 1.03 bits per heavy atom. The molecule has 1 saturated heterocycles. The van der Waals surface area contributed by atoms with E-state index in [-0.39, 0.29) is 0 Å². The van der Waals surface area contributed by atoms with Crippen LogP contribution in [0.5, 0.6) is 0 Å². The SMILES string of the molecule is C[C@@H]1CCCN1CCc1coc(-c2ccc(-c3ccc(S(C)(=O)=O)cc3)cc2)n1. The fourth-order valence-corrected chi connectivity index (χ4v) is 4.47. The molecule has 0 saturated carbocycles. The van der Waals surface area contributed by atoms with Crippen LogP contribution in [0.4, 0.5) is 0 Å². The molecule has 1 aliphatic rings. The van der Waals surface area contributed by atoms with Gasteiger partial charge in [0, 0.05) is 30.8 Å². The van der Waals surface area contributed by atoms with Crippen LogP contribution in [0.25, 0.3) is 22.6 Å². The minimum atomic E-state index is -3.18. The van der Waals surface area contributed by atoms with Crippen molar-refractivity contribution >= 4 is 9.84 Å². The van der Waals surface area contributed by atoms with Crippen molar-refractivity contribution in [2.24, 2.45) is 0 Å². The van der Waals surface area contributed by atoms with Gasteiger partial charge in [0.25, 0.3) is 0 Å². The lowest BCUT2D eigenvalue weighted by molar-refractivity contribution is 0.271. The van der Waals surface area contributed by atoms with E-state index in [9.17, 15) is 8.42 Å². The van der Waals surface area contributed by atoms with Crippen LogP contribution in [0.1, 0.15) is 25.5 Å². The highest BCUT2D eigenvalue weighted by molar-refractivity contribution is 7.90. The van der Waals surface area contributed by atoms with Crippen molar-refractivity contribution in [2.45, 2.75) is 37.1 Å². The Bertz CT molecular complexity index is 1070. The molecular weight excluding hydrogens is 384 g/mol. The minimum absolute atomic E-state index is 0.327. The van der Waals surface area contributed by atoms with Crippen LogP contribution < -0.4 is 0 Å². The molecule has 0 bridgehead atoms. The van der Waals surface area contributed by atoms with E-state index in [2.05, 4.69) is 16.8 Å². The molecular formula is C23H26N2O3S. The summed E-state index contributed by atoms with van der Waals surface area (Å²) in [6.45, 7) is 4.49. The first-order chi connectivity index (χ1) is 13.9. The second-order valence-electron chi connectivity index (χ2n) is 7.80. The van der Waals surface area contributed by atoms with Crippen LogP contribution >= 0.6 is 0 Å². The fourth-order valence-electron chi connectivity index (χ4n) is 3.84. The topological polar surface area (TPSA) is 63.4 Å². The number of aromatic nitrogens is 1. The van der Waals surface area contributed by atoms with Gasteiger partial charge in [-0.1, -0.05) is 24.3 Å². The van der Waals surface area contributed by atoms with Crippen molar-refractivity contribution in [3.05, 3.63) is 60.5 Å². The van der Waals surface area contributed by atoms with Crippen molar-refractivity contribution in [1.29, 1.82) is 0 Å². The molecule has 0 spiro atoms. The van der Waals surface area contributed by atoms with Gasteiger partial charge < -0.3 is 9.32 Å². The number of rotatable bonds is 6. The van der Waals surface area contributed by atoms with Gasteiger partial charge in [0.2, 0.25) is 5.89 Å². The van der Waals surface area contributed by atoms with Gasteiger partial charge >= 0.3 is 0 Å². The number of sulfone groups is 1. The van der Waals surface area contributed by atoms with E-state index in [0.29, 0.717) is 16.8 Å². The summed E-state index contributed by atoms with van der Waals surface area (Å²) in [6, 6.07) is 15.6. The van der Waals surface area contributed by atoms with Crippen LogP contribution in [0, 0.1) is 0 Å². The predicted molar refractivity (Wildman–Crippen MR) is 114 cm³/mol. The molecule has 3 aromatic rings. The standard InChI is InChI=1S/C23H26N2O3S/c1-17-4-3-14-25(17)15-13-21-16-28-23(24-21)20-7-5-18(6-8-20)19-9-11-22(12-10-19)29(2,26)27/h5-12,16-17H,3-4,13-15H2,1-2H3/t17-/m1/s1. The fraction of sp³-hybridized carbons (Fsp3) is 0.348. The van der Waals surface area contributed by atoms with E-state index in [1.807, 2.05) is 36.4 Å². The molecule has 1 aromatic heterocycles. The van der Waals surface area contributed by atoms with Crippen molar-refractivity contribution < 1.29 is 12.8 Å². The summed E-state index contributed by atoms with van der Waals surface area (Å²) >= 11 is 0. The van der Waals surface area contributed by atoms with Gasteiger partial charge in [0.05, 0.1) is 10.6 Å². The Hall–Kier alpha value is -2.44. The predicted octanol–water partition coefficient (Wildman–Crippen LogP) is 4.44. The molecule has 152 valence electrons. The molecule has 0 aliphatic carbocycles. The van der Waals surface area contributed by atoms with Gasteiger partial charge in [-0.25, -0.2) is 13.4 Å². The summed E-state index contributed by atoms with van der Waals surface area (Å²) < 4.78 is 28.9. The normalized spacial score (nSPS) is 17.7. The third kappa shape index (κ3) is 4.60. The molecule has 1 aliphatic heterocycles. The first-order valence-electron chi connectivity index (χ1n) is 9.99. The summed E-state index contributed by atoms with van der Waals surface area (Å²) in [5.41, 5.74) is 3.90. The third-order valence-corrected chi connectivity index (χ3v) is 6.77. The number of likely N-dealkylation sites (tertiary alicyclic amines) is 1. The maximum atomic E-state index is 11.6. The molecule has 2 aromatic carbocycles. The molecule has 1 fully saturated rings. The summed E-state index contributed by atoms with van der Waals surface area (Å²) in [6.07, 6.45) is 6.45. The first kappa shape index (κ1) is 19.9. The lowest BCUT2D eigenvalue weighted by Gasteiger charge is -2.19. The Balaban J connectivity index is 1.43. The Morgan fingerprint density at radius 2 is 1.66 bits per heavy atom. The van der Waals surface area contributed by atoms with Crippen LogP contribution in [0.15, 0.2) is 64.1 Å². The highest BCUT2D eigenvalue weighted by atomic mass is 32.2. The zero-order valence-electron chi connectivity index (χ0n) is 16.8. The van der Waals surface area contributed by atoms with E-state index >= 15 is 0 Å². The van der Waals surface area contributed by atoms with E-state index < -0.39 is 9.84 Å². The van der Waals surface area contributed by atoms with Crippen molar-refractivity contribution in [2.75, 3.05) is 19.3 Å². The van der Waals surface area contributed by atoms with E-state index in [0.717, 1.165) is 35.3 Å². The quantitative estimate of drug-likeness (QED) is 0.601. The Labute approximate surface area is 172 Å². The van der Waals surface area contributed by atoms with Crippen LogP contribution in [0.2, 0.25) is 0 Å². The highest BCUT2D eigenvalue weighted by Gasteiger charge is 2.20. The minimum Gasteiger partial charge on any atom is -0.444 e. The number of hydrogen-bond acceptors (Lipinski definition) is 5. The second-order valence-corrected chi connectivity index (χ2v) is 9.81. The van der Waals surface area contributed by atoms with Crippen molar-refractivity contribution in [3.63, 3.8) is 0 Å². The summed E-state index contributed by atoms with van der Waals surface area (Å²) in [4.78, 5) is 7.49. The summed E-state index contributed by atoms with van der Waals surface area (Å²) in [5.74, 6) is 0.633. The largest absolute Gasteiger partial charge is 0.444 e. The molecule has 0 N–H and O–H groups in total. The Kier molecular flexibility index (Phi) is 5.56. The van der Waals surface area contributed by atoms with Gasteiger partial charge in [-0.05, 0) is 61.7 Å². The average Bonchev–Trinajstić information content (AvgIpc) is 3.35. The number of oxazole rings is 1. The number of benzene rings is 2. The highest BCUT2D eigenvalue weighted by Crippen LogP contribution is 2.26. The van der Waals surface area contributed by atoms with E-state index in [1.54, 1.807) is 18.4 Å². The summed E-state index contributed by atoms with van der Waals surface area (Å²) in [7, 11) is -3.18. The molecule has 0 radical (unpaired) electrons. The molecule has 2 heterocycles. The first-order valence-corrected chi connectivity index (χ1v) is 11.9. The third-order valence-electron chi connectivity index (χ3n) is 5.65. The maximum absolute atomic E-state index is 11.6. The van der Waals surface area contributed by atoms with Crippen molar-refractivity contribution in [3.8, 4) is 22.6 Å². The van der Waals surface area contributed by atoms with Crippen LogP contribution in [-0.4, -0.2) is 43.7 Å². The lowest BCUT2D eigenvalue weighted by atomic mass is 10.0. The van der Waals surface area contributed by atoms with Gasteiger partial charge in [0.15, 0.2) is 9.84 Å². The monoisotopic (exact) mass is 410 g/mol. The smallest absolute Gasteiger partial charge is 0.226 e. The molecule has 0 unspecified atom stereocenters.